The second-order valence-electron chi connectivity index (χ2n) is 5.60. The van der Waals surface area contributed by atoms with Crippen molar-refractivity contribution in [3.05, 3.63) is 71.0 Å². The molecule has 2 heterocycles. The molecule has 0 spiro atoms. The average Bonchev–Trinajstić information content (AvgIpc) is 3.01. The zero-order chi connectivity index (χ0) is 16.4. The van der Waals surface area contributed by atoms with Gasteiger partial charge in [-0.15, -0.1) is 0 Å². The fourth-order valence-corrected chi connectivity index (χ4v) is 2.68. The highest BCUT2D eigenvalue weighted by atomic mass is 35.5. The van der Waals surface area contributed by atoms with E-state index in [0.29, 0.717) is 11.6 Å². The summed E-state index contributed by atoms with van der Waals surface area (Å²) in [7, 11) is 0. The molecule has 3 rings (SSSR count). The van der Waals surface area contributed by atoms with E-state index < -0.39 is 0 Å². The van der Waals surface area contributed by atoms with Crippen molar-refractivity contribution >= 4 is 11.6 Å². The fraction of sp³-hybridized carbons (Fsp3) is 0.235. The minimum atomic E-state index is -0.289. The topological polar surface area (TPSA) is 43.6 Å². The van der Waals surface area contributed by atoms with E-state index in [9.17, 15) is 4.39 Å². The second kappa shape index (κ2) is 6.46. The van der Waals surface area contributed by atoms with Crippen molar-refractivity contribution in [3.8, 4) is 5.69 Å². The third kappa shape index (κ3) is 3.24. The third-order valence-corrected chi connectivity index (χ3v) is 3.95. The first-order valence-electron chi connectivity index (χ1n) is 7.32. The molecular formula is C17H16ClFN4. The highest BCUT2D eigenvalue weighted by Crippen LogP contribution is 2.25. The van der Waals surface area contributed by atoms with Crippen LogP contribution in [0.2, 0.25) is 5.15 Å². The Morgan fingerprint density at radius 2 is 2.04 bits per heavy atom. The van der Waals surface area contributed by atoms with Crippen LogP contribution < -0.4 is 0 Å². The summed E-state index contributed by atoms with van der Waals surface area (Å²) in [6.07, 6.45) is 7.17. The molecule has 3 aromatic rings. The van der Waals surface area contributed by atoms with E-state index in [2.05, 4.69) is 28.8 Å². The summed E-state index contributed by atoms with van der Waals surface area (Å²) in [5.41, 5.74) is 2.49. The largest absolute Gasteiger partial charge is 0.303 e. The molecule has 0 aliphatic heterocycles. The summed E-state index contributed by atoms with van der Waals surface area (Å²) in [4.78, 5) is 12.4. The van der Waals surface area contributed by atoms with Gasteiger partial charge in [0.2, 0.25) is 0 Å². The zero-order valence-corrected chi connectivity index (χ0v) is 13.6. The fourth-order valence-electron chi connectivity index (χ4n) is 2.52. The summed E-state index contributed by atoms with van der Waals surface area (Å²) >= 11 is 6.12. The normalized spacial score (nSPS) is 11.2. The van der Waals surface area contributed by atoms with Crippen molar-refractivity contribution < 1.29 is 4.39 Å². The van der Waals surface area contributed by atoms with Crippen LogP contribution in [0.5, 0.6) is 0 Å². The number of halogens is 2. The van der Waals surface area contributed by atoms with Crippen LogP contribution in [-0.4, -0.2) is 19.5 Å². The van der Waals surface area contributed by atoms with Gasteiger partial charge in [0.25, 0.3) is 0 Å². The van der Waals surface area contributed by atoms with Gasteiger partial charge in [0.05, 0.1) is 5.69 Å². The molecule has 0 unspecified atom stereocenters. The molecule has 0 atom stereocenters. The van der Waals surface area contributed by atoms with Crippen LogP contribution in [0, 0.1) is 5.82 Å². The molecule has 0 N–H and O–H groups in total. The van der Waals surface area contributed by atoms with Crippen LogP contribution in [0.3, 0.4) is 0 Å². The summed E-state index contributed by atoms with van der Waals surface area (Å²) in [6.45, 7) is 4.11. The first-order chi connectivity index (χ1) is 11.1. The van der Waals surface area contributed by atoms with Crippen molar-refractivity contribution in [2.75, 3.05) is 0 Å². The molecular weight excluding hydrogens is 315 g/mol. The molecule has 0 aliphatic rings. The van der Waals surface area contributed by atoms with Gasteiger partial charge < -0.3 is 4.57 Å². The van der Waals surface area contributed by atoms with Crippen molar-refractivity contribution in [1.82, 2.24) is 19.5 Å². The van der Waals surface area contributed by atoms with Gasteiger partial charge in [-0.1, -0.05) is 31.5 Å². The Bertz CT molecular complexity index is 829. The molecule has 4 nitrogen and oxygen atoms in total. The van der Waals surface area contributed by atoms with Gasteiger partial charge in [0.1, 0.15) is 23.1 Å². The summed E-state index contributed by atoms with van der Waals surface area (Å²) < 4.78 is 15.7. The Balaban J connectivity index is 2.09. The van der Waals surface area contributed by atoms with E-state index in [1.807, 2.05) is 10.8 Å². The van der Waals surface area contributed by atoms with Crippen molar-refractivity contribution in [2.45, 2.75) is 26.2 Å². The van der Waals surface area contributed by atoms with Gasteiger partial charge in [0.15, 0.2) is 0 Å². The predicted octanol–water partition coefficient (Wildman–Crippen LogP) is 4.17. The highest BCUT2D eigenvalue weighted by Gasteiger charge is 2.14. The minimum absolute atomic E-state index is 0.227. The first-order valence-corrected chi connectivity index (χ1v) is 7.70. The number of hydrogen-bond acceptors (Lipinski definition) is 3. The van der Waals surface area contributed by atoms with E-state index in [4.69, 9.17) is 11.6 Å². The smallest absolute Gasteiger partial charge is 0.135 e. The van der Waals surface area contributed by atoms with Crippen molar-refractivity contribution in [2.24, 2.45) is 0 Å². The lowest BCUT2D eigenvalue weighted by molar-refractivity contribution is 0.624. The predicted molar refractivity (Wildman–Crippen MR) is 87.5 cm³/mol. The van der Waals surface area contributed by atoms with E-state index in [-0.39, 0.29) is 11.7 Å². The summed E-state index contributed by atoms with van der Waals surface area (Å²) in [5.74, 6) is 0.819. The Morgan fingerprint density at radius 1 is 1.22 bits per heavy atom. The second-order valence-corrected chi connectivity index (χ2v) is 5.96. The van der Waals surface area contributed by atoms with Crippen LogP contribution in [0.15, 0.2) is 43.1 Å². The molecule has 23 heavy (non-hydrogen) atoms. The van der Waals surface area contributed by atoms with Crippen molar-refractivity contribution in [3.63, 3.8) is 0 Å². The number of nitrogens with zero attached hydrogens (tertiary/aromatic N) is 4. The Labute approximate surface area is 139 Å². The van der Waals surface area contributed by atoms with Gasteiger partial charge in [-0.05, 0) is 17.7 Å². The van der Waals surface area contributed by atoms with E-state index in [1.54, 1.807) is 18.5 Å². The van der Waals surface area contributed by atoms with Crippen LogP contribution in [-0.2, 0) is 6.42 Å². The van der Waals surface area contributed by atoms with E-state index >= 15 is 0 Å². The standard InChI is InChI=1S/C17H16ClFN4/c1-11(2)17-21-5-6-23(17)15-8-14(19)4-3-12(15)7-13-9-20-10-22-16(13)18/h3-6,8-11H,7H2,1-2H3. The molecule has 0 radical (unpaired) electrons. The lowest BCUT2D eigenvalue weighted by Gasteiger charge is -2.15. The maximum absolute atomic E-state index is 13.8. The first kappa shape index (κ1) is 15.6. The molecule has 0 saturated carbocycles. The van der Waals surface area contributed by atoms with Crippen LogP contribution in [0.4, 0.5) is 4.39 Å². The highest BCUT2D eigenvalue weighted by molar-refractivity contribution is 6.30. The van der Waals surface area contributed by atoms with Gasteiger partial charge in [-0.3, -0.25) is 0 Å². The van der Waals surface area contributed by atoms with Crippen molar-refractivity contribution in [1.29, 1.82) is 0 Å². The van der Waals surface area contributed by atoms with Gasteiger partial charge in [-0.2, -0.15) is 0 Å². The molecule has 2 aromatic heterocycles. The zero-order valence-electron chi connectivity index (χ0n) is 12.9. The van der Waals surface area contributed by atoms with Gasteiger partial charge in [0, 0.05) is 36.5 Å². The van der Waals surface area contributed by atoms with Crippen LogP contribution >= 0.6 is 11.6 Å². The van der Waals surface area contributed by atoms with Gasteiger partial charge >= 0.3 is 0 Å². The quantitative estimate of drug-likeness (QED) is 0.674. The average molecular weight is 331 g/mol. The Hall–Kier alpha value is -2.27. The number of imidazole rings is 1. The summed E-state index contributed by atoms with van der Waals surface area (Å²) in [5, 5.41) is 0.407. The molecule has 0 bridgehead atoms. The SMILES string of the molecule is CC(C)c1nccn1-c1cc(F)ccc1Cc1cncnc1Cl. The Morgan fingerprint density at radius 3 is 2.78 bits per heavy atom. The van der Waals surface area contributed by atoms with Gasteiger partial charge in [-0.25, -0.2) is 19.3 Å². The summed E-state index contributed by atoms with van der Waals surface area (Å²) in [6, 6.07) is 4.72. The number of benzene rings is 1. The lowest BCUT2D eigenvalue weighted by Crippen LogP contribution is -2.06. The number of hydrogen-bond donors (Lipinski definition) is 0. The molecule has 0 aliphatic carbocycles. The van der Waals surface area contributed by atoms with E-state index in [1.165, 1.54) is 18.5 Å². The Kier molecular flexibility index (Phi) is 4.39. The lowest BCUT2D eigenvalue weighted by atomic mass is 10.0. The molecule has 0 amide bonds. The maximum Gasteiger partial charge on any atom is 0.135 e. The molecule has 0 saturated heterocycles. The third-order valence-electron chi connectivity index (χ3n) is 3.61. The van der Waals surface area contributed by atoms with E-state index in [0.717, 1.165) is 22.6 Å². The molecule has 6 heteroatoms. The maximum atomic E-state index is 13.8. The van der Waals surface area contributed by atoms with Crippen LogP contribution in [0.25, 0.3) is 5.69 Å². The van der Waals surface area contributed by atoms with Crippen LogP contribution in [0.1, 0.15) is 36.7 Å². The minimum Gasteiger partial charge on any atom is -0.303 e. The monoisotopic (exact) mass is 330 g/mol. The molecule has 118 valence electrons. The molecule has 0 fully saturated rings. The molecule has 1 aromatic carbocycles. The number of rotatable bonds is 4. The number of aromatic nitrogens is 4.